The van der Waals surface area contributed by atoms with E-state index in [0.717, 1.165) is 18.7 Å². The van der Waals surface area contributed by atoms with Gasteiger partial charge in [0.25, 0.3) is 9.05 Å². The van der Waals surface area contributed by atoms with Crippen molar-refractivity contribution in [1.29, 1.82) is 0 Å². The first-order valence-electron chi connectivity index (χ1n) is 6.27. The van der Waals surface area contributed by atoms with E-state index >= 15 is 0 Å². The molecule has 0 aliphatic heterocycles. The molecule has 1 aliphatic carbocycles. The third-order valence-corrected chi connectivity index (χ3v) is 4.86. The Morgan fingerprint density at radius 1 is 1.28 bits per heavy atom. The fraction of sp³-hybridized carbons (Fsp3) is 0.750. The van der Waals surface area contributed by atoms with Crippen LogP contribution in [0.25, 0.3) is 0 Å². The Morgan fingerprint density at radius 3 is 2.28 bits per heavy atom. The van der Waals surface area contributed by atoms with E-state index in [1.165, 1.54) is 6.42 Å². The molecule has 2 unspecified atom stereocenters. The average molecular weight is 291 g/mol. The number of hydrogen-bond donors (Lipinski definition) is 0. The Hall–Kier alpha value is -0.550. The first-order chi connectivity index (χ1) is 8.27. The third kappa shape index (κ3) is 2.88. The highest BCUT2D eigenvalue weighted by molar-refractivity contribution is 8.13. The number of nitrogens with zero attached hydrogens (tertiary/aromatic N) is 2. The summed E-state index contributed by atoms with van der Waals surface area (Å²) < 4.78 is 24.6. The second kappa shape index (κ2) is 4.85. The van der Waals surface area contributed by atoms with Gasteiger partial charge in [0.15, 0.2) is 5.03 Å². The fourth-order valence-electron chi connectivity index (χ4n) is 3.08. The van der Waals surface area contributed by atoms with Gasteiger partial charge in [-0.1, -0.05) is 13.8 Å². The molecule has 0 radical (unpaired) electrons. The predicted octanol–water partition coefficient (Wildman–Crippen LogP) is 3.12. The summed E-state index contributed by atoms with van der Waals surface area (Å²) in [6.45, 7) is 6.32. The molecule has 1 aromatic heterocycles. The zero-order valence-corrected chi connectivity index (χ0v) is 12.5. The monoisotopic (exact) mass is 290 g/mol. The lowest BCUT2D eigenvalue weighted by Gasteiger charge is -2.32. The minimum Gasteiger partial charge on any atom is -0.331 e. The summed E-state index contributed by atoms with van der Waals surface area (Å²) in [4.78, 5) is 4.05. The summed E-state index contributed by atoms with van der Waals surface area (Å²) in [5, 5.41) is -0.0347. The Bertz CT molecular complexity index is 528. The van der Waals surface area contributed by atoms with Gasteiger partial charge < -0.3 is 4.57 Å². The highest BCUT2D eigenvalue weighted by atomic mass is 35.7. The summed E-state index contributed by atoms with van der Waals surface area (Å²) >= 11 is 0. The summed E-state index contributed by atoms with van der Waals surface area (Å²) in [5.74, 6) is 2.05. The highest BCUT2D eigenvalue weighted by Crippen LogP contribution is 2.36. The summed E-state index contributed by atoms with van der Waals surface area (Å²) in [7, 11) is 1.61. The number of imidazole rings is 1. The van der Waals surface area contributed by atoms with Crippen molar-refractivity contribution in [2.24, 2.45) is 11.8 Å². The molecule has 0 bridgehead atoms. The standard InChI is InChI=1S/C12H19ClN2O2S/c1-8-4-9(2)6-11(5-8)15-7-12(14-10(15)3)18(13,16)17/h7-9,11H,4-6H2,1-3H3. The molecule has 2 rings (SSSR count). The molecule has 1 aromatic rings. The van der Waals surface area contributed by atoms with Crippen LogP contribution in [0.15, 0.2) is 11.2 Å². The lowest BCUT2D eigenvalue weighted by molar-refractivity contribution is 0.219. The minimum atomic E-state index is -3.73. The SMILES string of the molecule is Cc1nc(S(=O)(=O)Cl)cn1C1CC(C)CC(C)C1. The molecule has 0 aromatic carbocycles. The smallest absolute Gasteiger partial charge is 0.280 e. The first kappa shape index (κ1) is 13.9. The van der Waals surface area contributed by atoms with Gasteiger partial charge in [-0.2, -0.15) is 0 Å². The zero-order chi connectivity index (χ0) is 13.5. The maximum Gasteiger partial charge on any atom is 0.280 e. The van der Waals surface area contributed by atoms with Gasteiger partial charge in [0.05, 0.1) is 0 Å². The molecule has 2 atom stereocenters. The summed E-state index contributed by atoms with van der Waals surface area (Å²) in [5.41, 5.74) is 0. The van der Waals surface area contributed by atoms with Gasteiger partial charge in [0.1, 0.15) is 5.82 Å². The van der Waals surface area contributed by atoms with Crippen LogP contribution in [0, 0.1) is 18.8 Å². The van der Waals surface area contributed by atoms with Crippen molar-refractivity contribution in [1.82, 2.24) is 9.55 Å². The topological polar surface area (TPSA) is 52.0 Å². The van der Waals surface area contributed by atoms with Gasteiger partial charge in [-0.05, 0) is 38.0 Å². The maximum absolute atomic E-state index is 11.3. The van der Waals surface area contributed by atoms with Crippen molar-refractivity contribution in [3.05, 3.63) is 12.0 Å². The van der Waals surface area contributed by atoms with Gasteiger partial charge >= 0.3 is 0 Å². The molecular formula is C12H19ClN2O2S. The van der Waals surface area contributed by atoms with E-state index in [4.69, 9.17) is 10.7 Å². The van der Waals surface area contributed by atoms with Crippen LogP contribution in [-0.2, 0) is 9.05 Å². The van der Waals surface area contributed by atoms with Gasteiger partial charge in [-0.3, -0.25) is 0 Å². The van der Waals surface area contributed by atoms with Crippen molar-refractivity contribution >= 4 is 19.7 Å². The Kier molecular flexibility index (Phi) is 3.74. The molecule has 1 fully saturated rings. The lowest BCUT2D eigenvalue weighted by Crippen LogP contribution is -2.22. The molecule has 0 N–H and O–H groups in total. The van der Waals surface area contributed by atoms with Crippen LogP contribution in [0.5, 0.6) is 0 Å². The van der Waals surface area contributed by atoms with Crippen LogP contribution >= 0.6 is 10.7 Å². The van der Waals surface area contributed by atoms with Crippen molar-refractivity contribution < 1.29 is 8.42 Å². The molecule has 1 saturated carbocycles. The van der Waals surface area contributed by atoms with Crippen molar-refractivity contribution in [2.75, 3.05) is 0 Å². The molecule has 4 nitrogen and oxygen atoms in total. The van der Waals surface area contributed by atoms with E-state index in [9.17, 15) is 8.42 Å². The number of rotatable bonds is 2. The van der Waals surface area contributed by atoms with Crippen LogP contribution in [0.1, 0.15) is 45.0 Å². The molecule has 1 heterocycles. The number of aromatic nitrogens is 2. The first-order valence-corrected chi connectivity index (χ1v) is 8.58. The molecule has 1 aliphatic rings. The molecule has 0 saturated heterocycles. The Morgan fingerprint density at radius 2 is 1.83 bits per heavy atom. The quantitative estimate of drug-likeness (QED) is 0.786. The zero-order valence-electron chi connectivity index (χ0n) is 10.9. The second-order valence-electron chi connectivity index (χ2n) is 5.54. The number of halogens is 1. The number of hydrogen-bond acceptors (Lipinski definition) is 3. The second-order valence-corrected chi connectivity index (χ2v) is 8.06. The minimum absolute atomic E-state index is 0.0347. The Labute approximate surface area is 113 Å². The molecule has 0 spiro atoms. The average Bonchev–Trinajstić information content (AvgIpc) is 2.58. The van der Waals surface area contributed by atoms with Crippen molar-refractivity contribution in [2.45, 2.75) is 51.1 Å². The molecule has 102 valence electrons. The van der Waals surface area contributed by atoms with Crippen LogP contribution in [0.3, 0.4) is 0 Å². The van der Waals surface area contributed by atoms with E-state index in [1.54, 1.807) is 6.20 Å². The number of aryl methyl sites for hydroxylation is 1. The fourth-order valence-corrected chi connectivity index (χ4v) is 3.78. The normalized spacial score (nSPS) is 29.4. The van der Waals surface area contributed by atoms with Crippen LogP contribution in [0.2, 0.25) is 0 Å². The lowest BCUT2D eigenvalue weighted by atomic mass is 9.80. The maximum atomic E-state index is 11.3. The van der Waals surface area contributed by atoms with E-state index in [0.29, 0.717) is 17.9 Å². The van der Waals surface area contributed by atoms with Gasteiger partial charge in [-0.25, -0.2) is 13.4 Å². The third-order valence-electron chi connectivity index (χ3n) is 3.69. The molecule has 18 heavy (non-hydrogen) atoms. The van der Waals surface area contributed by atoms with Crippen LogP contribution in [-0.4, -0.2) is 18.0 Å². The van der Waals surface area contributed by atoms with Crippen LogP contribution in [0.4, 0.5) is 0 Å². The largest absolute Gasteiger partial charge is 0.331 e. The summed E-state index contributed by atoms with van der Waals surface area (Å²) in [6.07, 6.45) is 4.96. The molecule has 6 heteroatoms. The van der Waals surface area contributed by atoms with E-state index in [1.807, 2.05) is 11.5 Å². The van der Waals surface area contributed by atoms with E-state index in [-0.39, 0.29) is 5.03 Å². The van der Waals surface area contributed by atoms with Crippen LogP contribution < -0.4 is 0 Å². The van der Waals surface area contributed by atoms with E-state index in [2.05, 4.69) is 18.8 Å². The summed E-state index contributed by atoms with van der Waals surface area (Å²) in [6, 6.07) is 0.336. The Balaban J connectivity index is 2.31. The van der Waals surface area contributed by atoms with Gasteiger partial charge in [-0.15, -0.1) is 0 Å². The molecular weight excluding hydrogens is 272 g/mol. The van der Waals surface area contributed by atoms with Crippen molar-refractivity contribution in [3.8, 4) is 0 Å². The predicted molar refractivity (Wildman–Crippen MR) is 71.2 cm³/mol. The van der Waals surface area contributed by atoms with Crippen molar-refractivity contribution in [3.63, 3.8) is 0 Å². The van der Waals surface area contributed by atoms with Gasteiger partial charge in [0, 0.05) is 22.9 Å². The van der Waals surface area contributed by atoms with E-state index < -0.39 is 9.05 Å². The van der Waals surface area contributed by atoms with Gasteiger partial charge in [0.2, 0.25) is 0 Å². The molecule has 0 amide bonds. The highest BCUT2D eigenvalue weighted by Gasteiger charge is 2.27.